The average Bonchev–Trinajstić information content (AvgIpc) is 2.16. The summed E-state index contributed by atoms with van der Waals surface area (Å²) in [5, 5.41) is 0. The number of carbonyl (C=O) groups excluding carboxylic acids is 1. The van der Waals surface area contributed by atoms with Gasteiger partial charge in [0, 0.05) is 0 Å². The number of hydrogen-bond acceptors (Lipinski definition) is 2. The first-order valence-corrected chi connectivity index (χ1v) is 5.50. The van der Waals surface area contributed by atoms with Gasteiger partial charge >= 0.3 is 0 Å². The fourth-order valence-corrected chi connectivity index (χ4v) is 1.99. The fourth-order valence-electron chi connectivity index (χ4n) is 1.99. The van der Waals surface area contributed by atoms with Gasteiger partial charge in [-0.05, 0) is 12.8 Å². The van der Waals surface area contributed by atoms with E-state index in [-0.39, 0.29) is 6.04 Å². The molecular weight excluding hydrogens is 162 g/mol. The minimum atomic E-state index is 0.274. The molecule has 0 bridgehead atoms. The summed E-state index contributed by atoms with van der Waals surface area (Å²) < 4.78 is 0. The van der Waals surface area contributed by atoms with Gasteiger partial charge in [0.05, 0.1) is 6.04 Å². The highest BCUT2D eigenvalue weighted by Crippen LogP contribution is 2.18. The predicted molar refractivity (Wildman–Crippen MR) is 53.5 cm³/mol. The van der Waals surface area contributed by atoms with Crippen LogP contribution in [0.15, 0.2) is 4.99 Å². The standard InChI is InChI=1S/C11H19NO/c13-10-12-11-8-6-4-2-1-3-5-7-9-11/h11H,1-9H2. The van der Waals surface area contributed by atoms with Gasteiger partial charge in [0.1, 0.15) is 0 Å². The first kappa shape index (κ1) is 10.5. The zero-order chi connectivity index (χ0) is 9.36. The minimum Gasteiger partial charge on any atom is -0.211 e. The van der Waals surface area contributed by atoms with Crippen molar-refractivity contribution in [2.75, 3.05) is 0 Å². The van der Waals surface area contributed by atoms with Gasteiger partial charge in [-0.2, -0.15) is 0 Å². The summed E-state index contributed by atoms with van der Waals surface area (Å²) in [6.07, 6.45) is 13.1. The Morgan fingerprint density at radius 2 is 1.31 bits per heavy atom. The lowest BCUT2D eigenvalue weighted by Gasteiger charge is -2.12. The molecule has 13 heavy (non-hydrogen) atoms. The summed E-state index contributed by atoms with van der Waals surface area (Å²) in [7, 11) is 0. The van der Waals surface area contributed by atoms with E-state index in [1.165, 1.54) is 44.9 Å². The topological polar surface area (TPSA) is 29.4 Å². The Hall–Kier alpha value is -0.620. The maximum Gasteiger partial charge on any atom is 0.235 e. The van der Waals surface area contributed by atoms with Crippen LogP contribution >= 0.6 is 0 Å². The Balaban J connectivity index is 2.30. The molecule has 0 heterocycles. The van der Waals surface area contributed by atoms with Gasteiger partial charge in [0.2, 0.25) is 6.08 Å². The molecule has 1 fully saturated rings. The molecule has 0 aromatic heterocycles. The number of nitrogens with zero attached hydrogens (tertiary/aromatic N) is 1. The molecule has 0 unspecified atom stereocenters. The van der Waals surface area contributed by atoms with Crippen molar-refractivity contribution in [1.82, 2.24) is 0 Å². The zero-order valence-corrected chi connectivity index (χ0v) is 8.30. The van der Waals surface area contributed by atoms with Crippen molar-refractivity contribution in [2.24, 2.45) is 4.99 Å². The van der Waals surface area contributed by atoms with Crippen molar-refractivity contribution in [1.29, 1.82) is 0 Å². The molecule has 1 saturated carbocycles. The monoisotopic (exact) mass is 181 g/mol. The normalized spacial score (nSPS) is 21.8. The van der Waals surface area contributed by atoms with Gasteiger partial charge in [-0.15, -0.1) is 0 Å². The lowest BCUT2D eigenvalue weighted by molar-refractivity contribution is 0.458. The smallest absolute Gasteiger partial charge is 0.211 e. The van der Waals surface area contributed by atoms with Crippen molar-refractivity contribution in [3.8, 4) is 0 Å². The van der Waals surface area contributed by atoms with E-state index >= 15 is 0 Å². The van der Waals surface area contributed by atoms with E-state index < -0.39 is 0 Å². The summed E-state index contributed by atoms with van der Waals surface area (Å²) in [6.45, 7) is 0. The molecule has 0 aromatic carbocycles. The van der Waals surface area contributed by atoms with Gasteiger partial charge in [-0.1, -0.05) is 44.9 Å². The van der Waals surface area contributed by atoms with Crippen LogP contribution in [-0.2, 0) is 4.79 Å². The van der Waals surface area contributed by atoms with Crippen LogP contribution in [0.4, 0.5) is 0 Å². The lowest BCUT2D eigenvalue weighted by atomic mass is 9.98. The van der Waals surface area contributed by atoms with E-state index in [2.05, 4.69) is 4.99 Å². The van der Waals surface area contributed by atoms with Gasteiger partial charge in [0.15, 0.2) is 0 Å². The van der Waals surface area contributed by atoms with Gasteiger partial charge in [0.25, 0.3) is 0 Å². The van der Waals surface area contributed by atoms with Crippen LogP contribution in [-0.4, -0.2) is 12.1 Å². The van der Waals surface area contributed by atoms with Crippen LogP contribution in [0.5, 0.6) is 0 Å². The summed E-state index contributed by atoms with van der Waals surface area (Å²) in [6, 6.07) is 0.274. The molecule has 74 valence electrons. The molecular formula is C11H19NO. The van der Waals surface area contributed by atoms with Crippen LogP contribution in [0.25, 0.3) is 0 Å². The molecule has 0 amide bonds. The molecule has 0 N–H and O–H groups in total. The van der Waals surface area contributed by atoms with E-state index in [9.17, 15) is 4.79 Å². The second-order valence-electron chi connectivity index (χ2n) is 3.93. The van der Waals surface area contributed by atoms with Crippen LogP contribution in [0.3, 0.4) is 0 Å². The summed E-state index contributed by atoms with van der Waals surface area (Å²) in [5.74, 6) is 0. The van der Waals surface area contributed by atoms with Crippen LogP contribution in [0, 0.1) is 0 Å². The SMILES string of the molecule is O=C=NC1CCCCCCCCC1. The van der Waals surface area contributed by atoms with Crippen molar-refractivity contribution in [3.05, 3.63) is 0 Å². The largest absolute Gasteiger partial charge is 0.235 e. The molecule has 0 saturated heterocycles. The van der Waals surface area contributed by atoms with Crippen LogP contribution in [0.2, 0.25) is 0 Å². The van der Waals surface area contributed by atoms with E-state index in [0.29, 0.717) is 0 Å². The van der Waals surface area contributed by atoms with Gasteiger partial charge in [-0.3, -0.25) is 0 Å². The number of aliphatic imine (C=N–C) groups is 1. The van der Waals surface area contributed by atoms with E-state index in [0.717, 1.165) is 12.8 Å². The fraction of sp³-hybridized carbons (Fsp3) is 0.909. The average molecular weight is 181 g/mol. The molecule has 1 rings (SSSR count). The second kappa shape index (κ2) is 6.85. The third kappa shape index (κ3) is 4.84. The first-order chi connectivity index (χ1) is 6.43. The highest BCUT2D eigenvalue weighted by Gasteiger charge is 2.07. The Bertz CT molecular complexity index is 163. The van der Waals surface area contributed by atoms with Crippen molar-refractivity contribution in [3.63, 3.8) is 0 Å². The van der Waals surface area contributed by atoms with E-state index in [1.807, 2.05) is 0 Å². The molecule has 2 heteroatoms. The van der Waals surface area contributed by atoms with Crippen LogP contribution in [0.1, 0.15) is 57.8 Å². The Morgan fingerprint density at radius 1 is 0.846 bits per heavy atom. The summed E-state index contributed by atoms with van der Waals surface area (Å²) in [5.41, 5.74) is 0. The predicted octanol–water partition coefficient (Wildman–Crippen LogP) is 3.22. The maximum absolute atomic E-state index is 10.1. The van der Waals surface area contributed by atoms with Crippen molar-refractivity contribution >= 4 is 6.08 Å². The Morgan fingerprint density at radius 3 is 1.77 bits per heavy atom. The molecule has 0 atom stereocenters. The van der Waals surface area contributed by atoms with Gasteiger partial charge < -0.3 is 0 Å². The molecule has 0 spiro atoms. The minimum absolute atomic E-state index is 0.274. The number of isocyanates is 1. The third-order valence-corrected chi connectivity index (χ3v) is 2.81. The van der Waals surface area contributed by atoms with E-state index in [4.69, 9.17) is 0 Å². The second-order valence-corrected chi connectivity index (χ2v) is 3.93. The van der Waals surface area contributed by atoms with E-state index in [1.54, 1.807) is 6.08 Å². The Kier molecular flexibility index (Phi) is 5.51. The number of hydrogen-bond donors (Lipinski definition) is 0. The number of rotatable bonds is 1. The molecule has 1 aliphatic rings. The zero-order valence-electron chi connectivity index (χ0n) is 8.30. The summed E-state index contributed by atoms with van der Waals surface area (Å²) >= 11 is 0. The summed E-state index contributed by atoms with van der Waals surface area (Å²) in [4.78, 5) is 14.0. The highest BCUT2D eigenvalue weighted by atomic mass is 16.1. The van der Waals surface area contributed by atoms with Crippen molar-refractivity contribution < 1.29 is 4.79 Å². The van der Waals surface area contributed by atoms with Gasteiger partial charge in [-0.25, -0.2) is 9.79 Å². The molecule has 0 aliphatic heterocycles. The Labute approximate surface area is 80.4 Å². The maximum atomic E-state index is 10.1. The highest BCUT2D eigenvalue weighted by molar-refractivity contribution is 5.33. The van der Waals surface area contributed by atoms with Crippen LogP contribution < -0.4 is 0 Å². The van der Waals surface area contributed by atoms with Crippen molar-refractivity contribution in [2.45, 2.75) is 63.8 Å². The molecule has 2 nitrogen and oxygen atoms in total. The molecule has 1 aliphatic carbocycles. The molecule has 0 radical (unpaired) electrons. The first-order valence-electron chi connectivity index (χ1n) is 5.50. The quantitative estimate of drug-likeness (QED) is 0.451. The lowest BCUT2D eigenvalue weighted by Crippen LogP contribution is -2.05. The third-order valence-electron chi connectivity index (χ3n) is 2.81. The molecule has 0 aromatic rings.